The second kappa shape index (κ2) is 28.0. The molecule has 0 aliphatic carbocycles. The number of aromatic nitrogens is 4. The Labute approximate surface area is 465 Å². The minimum absolute atomic E-state index is 0.0356. The fourth-order valence-electron chi connectivity index (χ4n) is 11.3. The summed E-state index contributed by atoms with van der Waals surface area (Å²) in [4.78, 5) is 45.1. The predicted molar refractivity (Wildman–Crippen MR) is 310 cm³/mol. The van der Waals surface area contributed by atoms with Crippen LogP contribution in [-0.2, 0) is 14.3 Å². The number of unbranched alkanes of at least 4 members (excludes halogenated alkanes) is 7. The molecular weight excluding hydrogens is 1010 g/mol. The number of piperidine rings is 1. The lowest BCUT2D eigenvalue weighted by Gasteiger charge is -2.33. The smallest absolute Gasteiger partial charge is 0.222 e. The van der Waals surface area contributed by atoms with Gasteiger partial charge in [-0.05, 0) is 116 Å². The van der Waals surface area contributed by atoms with Crippen molar-refractivity contribution in [3.8, 4) is 16.5 Å². The van der Waals surface area contributed by atoms with Gasteiger partial charge in [0.2, 0.25) is 11.8 Å². The number of carbonyl (C=O) groups excluding carboxylic acids is 2. The van der Waals surface area contributed by atoms with Crippen molar-refractivity contribution in [1.29, 1.82) is 0 Å². The zero-order chi connectivity index (χ0) is 53.5. The van der Waals surface area contributed by atoms with E-state index in [2.05, 4.69) is 77.5 Å². The standard InChI is InChI=1S/C59H82ClN11O5S/c1-41-42(2)77-59-56(41)57(44-18-20-45(60)21-19-44)65-50(58-67-66-43(3)71(58)59)40-55(73)62-25-12-10-8-6-5-7-9-11-24-61-54(72)17-15-28-69-30-22-46(23-31-69)63-49-39-53(70-32-35-75-36-33-70)64-48-38-52(51(74-4)37-47(48)49)76-34-16-29-68-26-13-14-27-68/h18-21,37-39,46,50H,5-17,22-36,40H2,1-4H3,(H,61,72)(H,62,73)(H,63,64)/t50-/m0/s1. The highest BCUT2D eigenvalue weighted by Gasteiger charge is 2.33. The number of ether oxygens (including phenoxy) is 3. The predicted octanol–water partition coefficient (Wildman–Crippen LogP) is 10.2. The van der Waals surface area contributed by atoms with Crippen LogP contribution in [0, 0.1) is 20.8 Å². The van der Waals surface area contributed by atoms with Gasteiger partial charge in [-0.3, -0.25) is 19.1 Å². The van der Waals surface area contributed by atoms with Crippen LogP contribution in [0.15, 0.2) is 47.5 Å². The molecule has 7 heterocycles. The van der Waals surface area contributed by atoms with Gasteiger partial charge >= 0.3 is 0 Å². The van der Waals surface area contributed by atoms with Crippen molar-refractivity contribution in [2.45, 2.75) is 136 Å². The Balaban J connectivity index is 0.625. The molecule has 18 heteroatoms. The summed E-state index contributed by atoms with van der Waals surface area (Å²) in [6.45, 7) is 17.7. The minimum Gasteiger partial charge on any atom is -0.493 e. The van der Waals surface area contributed by atoms with Crippen LogP contribution in [0.3, 0.4) is 0 Å². The molecule has 0 unspecified atom stereocenters. The van der Waals surface area contributed by atoms with Gasteiger partial charge in [-0.1, -0.05) is 62.3 Å². The molecule has 2 aromatic carbocycles. The van der Waals surface area contributed by atoms with Gasteiger partial charge in [0.1, 0.15) is 22.7 Å². The molecule has 0 bridgehead atoms. The number of benzene rings is 2. The van der Waals surface area contributed by atoms with Gasteiger partial charge in [0.25, 0.3) is 0 Å². The van der Waals surface area contributed by atoms with E-state index in [-0.39, 0.29) is 18.2 Å². The fourth-order valence-corrected chi connectivity index (χ4v) is 12.6. The highest BCUT2D eigenvalue weighted by Crippen LogP contribution is 2.41. The first-order valence-corrected chi connectivity index (χ1v) is 29.9. The molecule has 0 spiro atoms. The van der Waals surface area contributed by atoms with Crippen molar-refractivity contribution in [3.05, 3.63) is 80.7 Å². The molecule has 2 amide bonds. The Hall–Kier alpha value is -5.33. The summed E-state index contributed by atoms with van der Waals surface area (Å²) in [6, 6.07) is 14.0. The fraction of sp³-hybridized carbons (Fsp3) is 0.593. The van der Waals surface area contributed by atoms with Crippen LogP contribution in [0.25, 0.3) is 15.9 Å². The lowest BCUT2D eigenvalue weighted by molar-refractivity contribution is -0.122. The van der Waals surface area contributed by atoms with E-state index in [4.69, 9.17) is 35.8 Å². The van der Waals surface area contributed by atoms with Crippen molar-refractivity contribution < 1.29 is 23.8 Å². The number of amides is 2. The van der Waals surface area contributed by atoms with Crippen LogP contribution in [0.1, 0.15) is 142 Å². The summed E-state index contributed by atoms with van der Waals surface area (Å²) in [5, 5.41) is 21.9. The third kappa shape index (κ3) is 15.1. The SMILES string of the molecule is COc1cc2c(NC3CCN(CCCC(=O)NCCCCCCCCCCNC(=O)C[C@@H]4N=C(c5ccc(Cl)cc5)c5c(sc(C)c5C)-n5c(C)nnc54)CC3)cc(N3CCOCC3)nc2cc1OCCCN1CCCC1. The Morgan fingerprint density at radius 2 is 1.45 bits per heavy atom. The lowest BCUT2D eigenvalue weighted by Crippen LogP contribution is -2.40. The van der Waals surface area contributed by atoms with Crippen LogP contribution in [0.5, 0.6) is 11.5 Å². The van der Waals surface area contributed by atoms with Gasteiger partial charge in [0.05, 0.1) is 44.6 Å². The normalized spacial score (nSPS) is 17.2. The number of fused-ring (bicyclic) bond motifs is 4. The summed E-state index contributed by atoms with van der Waals surface area (Å²) in [7, 11) is 1.71. The van der Waals surface area contributed by atoms with Gasteiger partial charge in [0, 0.05) is 103 Å². The largest absolute Gasteiger partial charge is 0.493 e. The Bertz CT molecular complexity index is 2760. The third-order valence-electron chi connectivity index (χ3n) is 15.8. The molecule has 3 fully saturated rings. The number of nitrogens with one attached hydrogen (secondary N) is 3. The average molecular weight is 1090 g/mol. The third-order valence-corrected chi connectivity index (χ3v) is 17.2. The Kier molecular flexibility index (Phi) is 20.5. The topological polar surface area (TPSA) is 164 Å². The van der Waals surface area contributed by atoms with Crippen LogP contribution in [0.4, 0.5) is 11.5 Å². The van der Waals surface area contributed by atoms with E-state index in [1.54, 1.807) is 18.4 Å². The highest BCUT2D eigenvalue weighted by molar-refractivity contribution is 7.15. The molecule has 3 saturated heterocycles. The van der Waals surface area contributed by atoms with Crippen LogP contribution < -0.4 is 30.3 Å². The zero-order valence-electron chi connectivity index (χ0n) is 46.1. The number of halogens is 1. The number of hydrogen-bond acceptors (Lipinski definition) is 14. The number of nitrogens with zero attached hydrogens (tertiary/aromatic N) is 8. The van der Waals surface area contributed by atoms with Gasteiger partial charge in [-0.15, -0.1) is 21.5 Å². The first-order chi connectivity index (χ1) is 37.6. The quantitative estimate of drug-likeness (QED) is 0.0427. The van der Waals surface area contributed by atoms with Crippen molar-refractivity contribution in [1.82, 2.24) is 40.2 Å². The number of carbonyl (C=O) groups is 2. The van der Waals surface area contributed by atoms with Crippen LogP contribution >= 0.6 is 22.9 Å². The molecule has 416 valence electrons. The Morgan fingerprint density at radius 1 is 0.779 bits per heavy atom. The van der Waals surface area contributed by atoms with Crippen molar-refractivity contribution in [3.63, 3.8) is 0 Å². The molecular formula is C59H82ClN11O5S. The molecule has 4 aliphatic rings. The second-order valence-corrected chi connectivity index (χ2v) is 23.0. The van der Waals surface area contributed by atoms with E-state index in [1.165, 1.54) is 55.6 Å². The van der Waals surface area contributed by atoms with E-state index in [9.17, 15) is 9.59 Å². The zero-order valence-corrected chi connectivity index (χ0v) is 47.7. The van der Waals surface area contributed by atoms with Crippen molar-refractivity contribution in [2.24, 2.45) is 4.99 Å². The first kappa shape index (κ1) is 56.4. The minimum atomic E-state index is -0.475. The molecule has 4 aliphatic heterocycles. The first-order valence-electron chi connectivity index (χ1n) is 28.7. The molecule has 5 aromatic rings. The Morgan fingerprint density at radius 3 is 2.17 bits per heavy atom. The number of morpholine rings is 1. The number of rotatable bonds is 27. The molecule has 3 aromatic heterocycles. The molecule has 77 heavy (non-hydrogen) atoms. The van der Waals surface area contributed by atoms with E-state index in [1.807, 2.05) is 31.2 Å². The number of methoxy groups -OCH3 is 1. The monoisotopic (exact) mass is 1090 g/mol. The maximum Gasteiger partial charge on any atom is 0.222 e. The number of aliphatic imine (C=N–C) groups is 1. The number of hydrogen-bond donors (Lipinski definition) is 3. The average Bonchev–Trinajstić information content (AvgIpc) is 4.17. The van der Waals surface area contributed by atoms with Gasteiger partial charge in [0.15, 0.2) is 17.3 Å². The molecule has 9 rings (SSSR count). The second-order valence-electron chi connectivity index (χ2n) is 21.4. The summed E-state index contributed by atoms with van der Waals surface area (Å²) < 4.78 is 20.0. The molecule has 3 N–H and O–H groups in total. The van der Waals surface area contributed by atoms with Gasteiger partial charge in [-0.2, -0.15) is 0 Å². The maximum absolute atomic E-state index is 13.4. The summed E-state index contributed by atoms with van der Waals surface area (Å²) >= 11 is 7.98. The number of aryl methyl sites for hydroxylation is 2. The van der Waals surface area contributed by atoms with E-state index < -0.39 is 6.04 Å². The van der Waals surface area contributed by atoms with Gasteiger partial charge in [-0.25, -0.2) is 4.98 Å². The summed E-state index contributed by atoms with van der Waals surface area (Å²) in [6.07, 6.45) is 16.1. The van der Waals surface area contributed by atoms with Gasteiger partial charge < -0.3 is 44.9 Å². The van der Waals surface area contributed by atoms with Crippen LogP contribution in [-0.4, -0.2) is 145 Å². The van der Waals surface area contributed by atoms with E-state index >= 15 is 0 Å². The lowest BCUT2D eigenvalue weighted by atomic mass is 9.99. The highest BCUT2D eigenvalue weighted by atomic mass is 35.5. The molecule has 16 nitrogen and oxygen atoms in total. The van der Waals surface area contributed by atoms with Crippen molar-refractivity contribution in [2.75, 3.05) is 103 Å². The molecule has 0 saturated carbocycles. The molecule has 1 atom stereocenters. The summed E-state index contributed by atoms with van der Waals surface area (Å²) in [5.41, 5.74) is 6.02. The number of thiophene rings is 1. The molecule has 0 radical (unpaired) electrons. The van der Waals surface area contributed by atoms with Crippen LogP contribution in [0.2, 0.25) is 5.02 Å². The number of pyridine rings is 1. The van der Waals surface area contributed by atoms with Crippen molar-refractivity contribution >= 4 is 62.9 Å². The number of likely N-dealkylation sites (tertiary alicyclic amines) is 2. The van der Waals surface area contributed by atoms with E-state index in [0.29, 0.717) is 49.7 Å². The maximum atomic E-state index is 13.4. The van der Waals surface area contributed by atoms with E-state index in [0.717, 1.165) is 165 Å². The summed E-state index contributed by atoms with van der Waals surface area (Å²) in [5.74, 6) is 4.03. The number of anilines is 2.